The van der Waals surface area contributed by atoms with Crippen LogP contribution in [0.15, 0.2) is 30.3 Å². The van der Waals surface area contributed by atoms with E-state index in [1.165, 1.54) is 5.56 Å². The lowest BCUT2D eigenvalue weighted by atomic mass is 9.72. The van der Waals surface area contributed by atoms with Crippen LogP contribution in [0.5, 0.6) is 0 Å². The maximum absolute atomic E-state index is 12.5. The standard InChI is InChI=1S/C22H32N2O3S/c1-28-16-9-19(25)21(27)23-14-11-22(12-15-23)10-7-20(26)24(17-22)13-8-18-5-3-2-4-6-18/h2-6,19,25H,7-17H2,1H3. The molecule has 2 aliphatic heterocycles. The summed E-state index contributed by atoms with van der Waals surface area (Å²) in [5, 5.41) is 10.1. The number of piperidine rings is 2. The Morgan fingerprint density at radius 2 is 1.93 bits per heavy atom. The van der Waals surface area contributed by atoms with E-state index >= 15 is 0 Å². The summed E-state index contributed by atoms with van der Waals surface area (Å²) < 4.78 is 0. The smallest absolute Gasteiger partial charge is 0.251 e. The van der Waals surface area contributed by atoms with Crippen molar-refractivity contribution in [3.8, 4) is 0 Å². The van der Waals surface area contributed by atoms with Gasteiger partial charge in [-0.2, -0.15) is 11.8 Å². The number of likely N-dealkylation sites (tertiary alicyclic amines) is 2. The molecule has 1 atom stereocenters. The Morgan fingerprint density at radius 1 is 1.21 bits per heavy atom. The third-order valence-electron chi connectivity index (χ3n) is 6.28. The van der Waals surface area contributed by atoms with Gasteiger partial charge in [0.25, 0.3) is 5.91 Å². The zero-order valence-corrected chi connectivity index (χ0v) is 17.6. The maximum Gasteiger partial charge on any atom is 0.251 e. The minimum Gasteiger partial charge on any atom is -0.383 e. The largest absolute Gasteiger partial charge is 0.383 e. The average molecular weight is 405 g/mol. The van der Waals surface area contributed by atoms with E-state index in [9.17, 15) is 14.7 Å². The summed E-state index contributed by atoms with van der Waals surface area (Å²) in [7, 11) is 0. The lowest BCUT2D eigenvalue weighted by Gasteiger charge is -2.47. The van der Waals surface area contributed by atoms with Gasteiger partial charge in [-0.15, -0.1) is 0 Å². The lowest BCUT2D eigenvalue weighted by molar-refractivity contribution is -0.146. The molecule has 5 nitrogen and oxygen atoms in total. The second kappa shape index (κ2) is 9.79. The van der Waals surface area contributed by atoms with Crippen LogP contribution < -0.4 is 0 Å². The lowest BCUT2D eigenvalue weighted by Crippen LogP contribution is -2.53. The molecule has 2 fully saturated rings. The Balaban J connectivity index is 1.52. The molecule has 6 heteroatoms. The highest BCUT2D eigenvalue weighted by molar-refractivity contribution is 7.98. The summed E-state index contributed by atoms with van der Waals surface area (Å²) in [4.78, 5) is 28.7. The van der Waals surface area contributed by atoms with Crippen molar-refractivity contribution in [1.29, 1.82) is 0 Å². The van der Waals surface area contributed by atoms with E-state index in [2.05, 4.69) is 12.1 Å². The molecule has 28 heavy (non-hydrogen) atoms. The molecular weight excluding hydrogens is 372 g/mol. The number of thioether (sulfide) groups is 1. The minimum atomic E-state index is -0.878. The van der Waals surface area contributed by atoms with Crippen LogP contribution in [-0.4, -0.2) is 71.0 Å². The van der Waals surface area contributed by atoms with Gasteiger partial charge >= 0.3 is 0 Å². The minimum absolute atomic E-state index is 0.128. The van der Waals surface area contributed by atoms with Crippen LogP contribution in [0.25, 0.3) is 0 Å². The molecule has 2 saturated heterocycles. The number of aliphatic hydroxyl groups excluding tert-OH is 1. The van der Waals surface area contributed by atoms with Crippen LogP contribution in [0.1, 0.15) is 37.7 Å². The van der Waals surface area contributed by atoms with Gasteiger partial charge in [0, 0.05) is 32.6 Å². The van der Waals surface area contributed by atoms with Crippen molar-refractivity contribution in [2.75, 3.05) is 38.2 Å². The predicted octanol–water partition coefficient (Wildman–Crippen LogP) is 2.57. The fourth-order valence-electron chi connectivity index (χ4n) is 4.39. The predicted molar refractivity (Wildman–Crippen MR) is 113 cm³/mol. The molecule has 2 heterocycles. The van der Waals surface area contributed by atoms with Gasteiger partial charge in [0.1, 0.15) is 6.10 Å². The Labute approximate surface area is 172 Å². The number of benzene rings is 1. The Bertz CT molecular complexity index is 659. The third kappa shape index (κ3) is 5.29. The Morgan fingerprint density at radius 3 is 2.61 bits per heavy atom. The van der Waals surface area contributed by atoms with Gasteiger partial charge in [-0.25, -0.2) is 0 Å². The van der Waals surface area contributed by atoms with Gasteiger partial charge in [0.2, 0.25) is 5.91 Å². The molecule has 1 N–H and O–H groups in total. The number of aliphatic hydroxyl groups is 1. The van der Waals surface area contributed by atoms with Gasteiger partial charge < -0.3 is 14.9 Å². The molecule has 1 aromatic rings. The van der Waals surface area contributed by atoms with Crippen LogP contribution in [-0.2, 0) is 16.0 Å². The molecule has 2 amide bonds. The number of hydrogen-bond donors (Lipinski definition) is 1. The first-order valence-electron chi connectivity index (χ1n) is 10.3. The summed E-state index contributed by atoms with van der Waals surface area (Å²) in [5.74, 6) is 0.924. The highest BCUT2D eigenvalue weighted by Gasteiger charge is 2.42. The summed E-state index contributed by atoms with van der Waals surface area (Å²) in [6.07, 6.45) is 5.88. The summed E-state index contributed by atoms with van der Waals surface area (Å²) in [6, 6.07) is 10.3. The summed E-state index contributed by atoms with van der Waals surface area (Å²) in [6.45, 7) is 2.95. The van der Waals surface area contributed by atoms with Gasteiger partial charge in [-0.05, 0) is 55.1 Å². The zero-order chi connectivity index (χ0) is 20.0. The Hall–Kier alpha value is -1.53. The molecular formula is C22H32N2O3S. The summed E-state index contributed by atoms with van der Waals surface area (Å²) >= 11 is 1.65. The SMILES string of the molecule is CSCCC(O)C(=O)N1CCC2(CCC(=O)N(CCc3ccccc3)C2)CC1. The number of nitrogens with zero attached hydrogens (tertiary/aromatic N) is 2. The quantitative estimate of drug-likeness (QED) is 0.759. The van der Waals surface area contributed by atoms with Gasteiger partial charge in [-0.1, -0.05) is 30.3 Å². The maximum atomic E-state index is 12.5. The Kier molecular flexibility index (Phi) is 7.41. The van der Waals surface area contributed by atoms with Crippen LogP contribution in [0.3, 0.4) is 0 Å². The zero-order valence-electron chi connectivity index (χ0n) is 16.8. The molecule has 1 aromatic carbocycles. The van der Waals surface area contributed by atoms with E-state index in [1.807, 2.05) is 34.3 Å². The fraction of sp³-hybridized carbons (Fsp3) is 0.636. The first-order valence-corrected chi connectivity index (χ1v) is 11.7. The van der Waals surface area contributed by atoms with Crippen molar-refractivity contribution in [2.24, 2.45) is 5.41 Å². The number of rotatable bonds is 7. The molecule has 1 unspecified atom stereocenters. The number of carbonyl (C=O) groups excluding carboxylic acids is 2. The molecule has 0 aromatic heterocycles. The normalized spacial score (nSPS) is 20.4. The van der Waals surface area contributed by atoms with Crippen molar-refractivity contribution in [3.05, 3.63) is 35.9 Å². The van der Waals surface area contributed by atoms with E-state index in [4.69, 9.17) is 0 Å². The number of hydrogen-bond acceptors (Lipinski definition) is 4. The van der Waals surface area contributed by atoms with Gasteiger partial charge in [-0.3, -0.25) is 9.59 Å². The highest BCUT2D eigenvalue weighted by Crippen LogP contribution is 2.40. The van der Waals surface area contributed by atoms with Crippen LogP contribution in [0.2, 0.25) is 0 Å². The van der Waals surface area contributed by atoms with E-state index in [0.29, 0.717) is 25.9 Å². The van der Waals surface area contributed by atoms with Gasteiger partial charge in [0.15, 0.2) is 0 Å². The van der Waals surface area contributed by atoms with E-state index in [1.54, 1.807) is 11.8 Å². The van der Waals surface area contributed by atoms with Crippen molar-refractivity contribution >= 4 is 23.6 Å². The first kappa shape index (κ1) is 21.2. The molecule has 0 radical (unpaired) electrons. The van der Waals surface area contributed by atoms with Crippen molar-refractivity contribution in [2.45, 2.75) is 44.6 Å². The topological polar surface area (TPSA) is 60.9 Å². The molecule has 0 bridgehead atoms. The molecule has 2 aliphatic rings. The van der Waals surface area contributed by atoms with Crippen molar-refractivity contribution < 1.29 is 14.7 Å². The molecule has 1 spiro atoms. The average Bonchev–Trinajstić information content (AvgIpc) is 2.73. The second-order valence-electron chi connectivity index (χ2n) is 8.17. The highest BCUT2D eigenvalue weighted by atomic mass is 32.2. The van der Waals surface area contributed by atoms with Gasteiger partial charge in [0.05, 0.1) is 0 Å². The van der Waals surface area contributed by atoms with E-state index < -0.39 is 6.10 Å². The van der Waals surface area contributed by atoms with Crippen LogP contribution in [0.4, 0.5) is 0 Å². The molecule has 0 aliphatic carbocycles. The second-order valence-corrected chi connectivity index (χ2v) is 9.16. The van der Waals surface area contributed by atoms with Crippen LogP contribution >= 0.6 is 11.8 Å². The molecule has 154 valence electrons. The van der Waals surface area contributed by atoms with Crippen LogP contribution in [0, 0.1) is 5.41 Å². The third-order valence-corrected chi connectivity index (χ3v) is 6.92. The molecule has 0 saturated carbocycles. The fourth-order valence-corrected chi connectivity index (χ4v) is 4.85. The van der Waals surface area contributed by atoms with Crippen molar-refractivity contribution in [3.63, 3.8) is 0 Å². The number of amides is 2. The van der Waals surface area contributed by atoms with E-state index in [0.717, 1.165) is 44.5 Å². The van der Waals surface area contributed by atoms with E-state index in [-0.39, 0.29) is 17.2 Å². The first-order chi connectivity index (χ1) is 13.5. The monoisotopic (exact) mass is 404 g/mol. The van der Waals surface area contributed by atoms with Crippen molar-refractivity contribution in [1.82, 2.24) is 9.80 Å². The molecule has 3 rings (SSSR count). The number of carbonyl (C=O) groups is 2. The summed E-state index contributed by atoms with van der Waals surface area (Å²) in [5.41, 5.74) is 1.39.